The van der Waals surface area contributed by atoms with E-state index in [1.54, 1.807) is 42.5 Å². The number of hydrogen-bond acceptors (Lipinski definition) is 4. The topological polar surface area (TPSA) is 73.6 Å². The molecule has 21 heavy (non-hydrogen) atoms. The second-order valence-electron chi connectivity index (χ2n) is 4.23. The van der Waals surface area contributed by atoms with Crippen LogP contribution in [0.25, 0.3) is 0 Å². The molecule has 0 aliphatic rings. The summed E-state index contributed by atoms with van der Waals surface area (Å²) in [6, 6.07) is 11.9. The number of rotatable bonds is 5. The van der Waals surface area contributed by atoms with Crippen molar-refractivity contribution in [3.8, 4) is 11.5 Å². The predicted molar refractivity (Wildman–Crippen MR) is 83.0 cm³/mol. The lowest BCUT2D eigenvalue weighted by Crippen LogP contribution is -2.20. The molecular weight excluding hydrogens is 292 g/mol. The van der Waals surface area contributed by atoms with Crippen molar-refractivity contribution in [1.82, 2.24) is 0 Å². The summed E-state index contributed by atoms with van der Waals surface area (Å²) in [5.74, 6) is 0.642. The molecule has 1 amide bonds. The number of carbonyl (C=O) groups is 1. The molecule has 2 aromatic rings. The van der Waals surface area contributed by atoms with Crippen molar-refractivity contribution in [2.45, 2.75) is 0 Å². The van der Waals surface area contributed by atoms with Crippen LogP contribution in [0.2, 0.25) is 5.02 Å². The van der Waals surface area contributed by atoms with Gasteiger partial charge in [0.15, 0.2) is 6.61 Å². The Morgan fingerprint density at radius 1 is 1.24 bits per heavy atom. The van der Waals surface area contributed by atoms with Gasteiger partial charge in [0.2, 0.25) is 0 Å². The molecule has 0 spiro atoms. The lowest BCUT2D eigenvalue weighted by molar-refractivity contribution is -0.118. The molecule has 0 saturated heterocycles. The zero-order valence-electron chi connectivity index (χ0n) is 11.4. The molecule has 6 heteroatoms. The maximum atomic E-state index is 11.9. The van der Waals surface area contributed by atoms with Gasteiger partial charge in [0.05, 0.1) is 17.8 Å². The van der Waals surface area contributed by atoms with Gasteiger partial charge >= 0.3 is 0 Å². The Morgan fingerprint density at radius 3 is 2.71 bits per heavy atom. The second kappa shape index (κ2) is 6.85. The number of para-hydroxylation sites is 1. The molecule has 0 fully saturated rings. The smallest absolute Gasteiger partial charge is 0.262 e. The number of nitrogens with two attached hydrogens (primary N) is 1. The maximum Gasteiger partial charge on any atom is 0.262 e. The van der Waals surface area contributed by atoms with Gasteiger partial charge in [-0.2, -0.15) is 0 Å². The van der Waals surface area contributed by atoms with Gasteiger partial charge in [0.1, 0.15) is 11.5 Å². The van der Waals surface area contributed by atoms with Crippen LogP contribution in [0, 0.1) is 0 Å². The lowest BCUT2D eigenvalue weighted by atomic mass is 10.2. The van der Waals surface area contributed by atoms with E-state index in [1.165, 1.54) is 7.11 Å². The number of nitrogen functional groups attached to an aromatic ring is 1. The monoisotopic (exact) mass is 306 g/mol. The van der Waals surface area contributed by atoms with Crippen LogP contribution in [0.3, 0.4) is 0 Å². The molecule has 0 unspecified atom stereocenters. The Balaban J connectivity index is 1.99. The first-order chi connectivity index (χ1) is 10.1. The van der Waals surface area contributed by atoms with E-state index in [0.717, 1.165) is 0 Å². The Kier molecular flexibility index (Phi) is 4.90. The molecule has 5 nitrogen and oxygen atoms in total. The summed E-state index contributed by atoms with van der Waals surface area (Å²) in [4.78, 5) is 11.9. The van der Waals surface area contributed by atoms with Crippen molar-refractivity contribution >= 4 is 28.9 Å². The van der Waals surface area contributed by atoms with Gasteiger partial charge in [-0.05, 0) is 30.3 Å². The van der Waals surface area contributed by atoms with Crippen molar-refractivity contribution in [1.29, 1.82) is 0 Å². The molecule has 0 radical (unpaired) electrons. The van der Waals surface area contributed by atoms with E-state index in [-0.39, 0.29) is 12.5 Å². The number of hydrogen-bond donors (Lipinski definition) is 2. The number of ether oxygens (including phenoxy) is 2. The minimum absolute atomic E-state index is 0.165. The number of benzene rings is 2. The molecule has 0 atom stereocenters. The van der Waals surface area contributed by atoms with Crippen molar-refractivity contribution in [2.24, 2.45) is 0 Å². The van der Waals surface area contributed by atoms with E-state index in [1.807, 2.05) is 0 Å². The molecule has 0 heterocycles. The largest absolute Gasteiger partial charge is 0.495 e. The molecule has 0 bridgehead atoms. The van der Waals surface area contributed by atoms with E-state index >= 15 is 0 Å². The first-order valence-corrected chi connectivity index (χ1v) is 6.58. The molecule has 0 saturated carbocycles. The third-order valence-corrected chi connectivity index (χ3v) is 3.01. The van der Waals surface area contributed by atoms with Gasteiger partial charge < -0.3 is 20.5 Å². The minimum Gasteiger partial charge on any atom is -0.495 e. The van der Waals surface area contributed by atoms with Crippen molar-refractivity contribution < 1.29 is 14.3 Å². The first-order valence-electron chi connectivity index (χ1n) is 6.21. The zero-order valence-corrected chi connectivity index (χ0v) is 12.2. The van der Waals surface area contributed by atoms with Crippen LogP contribution < -0.4 is 20.5 Å². The van der Waals surface area contributed by atoms with E-state index in [2.05, 4.69) is 5.32 Å². The summed E-state index contributed by atoms with van der Waals surface area (Å²) in [7, 11) is 1.52. The fourth-order valence-electron chi connectivity index (χ4n) is 1.71. The maximum absolute atomic E-state index is 11.9. The number of amides is 1. The normalized spacial score (nSPS) is 10.0. The van der Waals surface area contributed by atoms with Crippen LogP contribution in [-0.4, -0.2) is 19.6 Å². The van der Waals surface area contributed by atoms with Crippen molar-refractivity contribution in [2.75, 3.05) is 24.8 Å². The number of carbonyl (C=O) groups excluding carboxylic acids is 1. The summed E-state index contributed by atoms with van der Waals surface area (Å²) in [5.41, 5.74) is 6.70. The Bertz CT molecular complexity index is 647. The summed E-state index contributed by atoms with van der Waals surface area (Å²) >= 11 is 5.94. The first kappa shape index (κ1) is 15.0. The van der Waals surface area contributed by atoms with Gasteiger partial charge in [0, 0.05) is 5.69 Å². The van der Waals surface area contributed by atoms with E-state index in [9.17, 15) is 4.79 Å². The summed E-state index contributed by atoms with van der Waals surface area (Å²) in [6.07, 6.45) is 0. The molecular formula is C15H15ClN2O3. The Morgan fingerprint density at radius 2 is 2.00 bits per heavy atom. The highest BCUT2D eigenvalue weighted by Gasteiger charge is 2.09. The summed E-state index contributed by atoms with van der Waals surface area (Å²) in [5, 5.41) is 3.13. The molecule has 2 rings (SSSR count). The van der Waals surface area contributed by atoms with Crippen LogP contribution in [0.4, 0.5) is 11.4 Å². The predicted octanol–water partition coefficient (Wildman–Crippen LogP) is 2.95. The SMILES string of the molecule is COc1ccc(N)cc1NC(=O)COc1ccccc1Cl. The number of methoxy groups -OCH3 is 1. The fraction of sp³-hybridized carbons (Fsp3) is 0.133. The van der Waals surface area contributed by atoms with Crippen LogP contribution in [0.1, 0.15) is 0 Å². The molecule has 2 aromatic carbocycles. The van der Waals surface area contributed by atoms with Crippen molar-refractivity contribution in [3.05, 3.63) is 47.5 Å². The minimum atomic E-state index is -0.334. The number of halogens is 1. The number of anilines is 2. The quantitative estimate of drug-likeness (QED) is 0.833. The molecule has 3 N–H and O–H groups in total. The van der Waals surface area contributed by atoms with E-state index in [0.29, 0.717) is 27.9 Å². The van der Waals surface area contributed by atoms with Crippen LogP contribution in [-0.2, 0) is 4.79 Å². The Labute approximate surface area is 127 Å². The average molecular weight is 307 g/mol. The van der Waals surface area contributed by atoms with Gasteiger partial charge in [-0.25, -0.2) is 0 Å². The molecule has 0 aromatic heterocycles. The molecule has 0 aliphatic carbocycles. The standard InChI is InChI=1S/C15H15ClN2O3/c1-20-14-7-6-10(17)8-12(14)18-15(19)9-21-13-5-3-2-4-11(13)16/h2-8H,9,17H2,1H3,(H,18,19). The average Bonchev–Trinajstić information content (AvgIpc) is 2.47. The fourth-order valence-corrected chi connectivity index (χ4v) is 1.90. The summed E-state index contributed by atoms with van der Waals surface area (Å²) in [6.45, 7) is -0.165. The highest BCUT2D eigenvalue weighted by molar-refractivity contribution is 6.32. The third kappa shape index (κ3) is 4.03. The van der Waals surface area contributed by atoms with Crippen LogP contribution >= 0.6 is 11.6 Å². The van der Waals surface area contributed by atoms with Gasteiger partial charge in [-0.3, -0.25) is 4.79 Å². The van der Waals surface area contributed by atoms with Crippen LogP contribution in [0.15, 0.2) is 42.5 Å². The molecule has 0 aliphatic heterocycles. The third-order valence-electron chi connectivity index (χ3n) is 2.69. The van der Waals surface area contributed by atoms with Gasteiger partial charge in [-0.15, -0.1) is 0 Å². The summed E-state index contributed by atoms with van der Waals surface area (Å²) < 4.78 is 10.5. The van der Waals surface area contributed by atoms with Crippen molar-refractivity contribution in [3.63, 3.8) is 0 Å². The van der Waals surface area contributed by atoms with Crippen LogP contribution in [0.5, 0.6) is 11.5 Å². The zero-order chi connectivity index (χ0) is 15.2. The van der Waals surface area contributed by atoms with E-state index in [4.69, 9.17) is 26.8 Å². The highest BCUT2D eigenvalue weighted by atomic mass is 35.5. The molecule has 110 valence electrons. The van der Waals surface area contributed by atoms with Gasteiger partial charge in [0.25, 0.3) is 5.91 Å². The Hall–Kier alpha value is -2.40. The van der Waals surface area contributed by atoms with Gasteiger partial charge in [-0.1, -0.05) is 23.7 Å². The highest BCUT2D eigenvalue weighted by Crippen LogP contribution is 2.27. The second-order valence-corrected chi connectivity index (χ2v) is 4.63. The number of nitrogens with one attached hydrogen (secondary N) is 1. The van der Waals surface area contributed by atoms with E-state index < -0.39 is 0 Å². The lowest BCUT2D eigenvalue weighted by Gasteiger charge is -2.12.